The molecular formula is C6H10N2O3S. The molecule has 0 fully saturated rings. The van der Waals surface area contributed by atoms with Crippen molar-refractivity contribution in [3.8, 4) is 0 Å². The summed E-state index contributed by atoms with van der Waals surface area (Å²) in [6, 6.07) is -0.767. The van der Waals surface area contributed by atoms with E-state index in [0.717, 1.165) is 5.41 Å². The Labute approximate surface area is 70.8 Å². The number of hydrogen-bond donors (Lipinski definition) is 2. The van der Waals surface area contributed by atoms with Crippen LogP contribution in [0.4, 0.5) is 4.79 Å². The van der Waals surface area contributed by atoms with Crippen molar-refractivity contribution in [3.63, 3.8) is 0 Å². The third-order valence-electron chi connectivity index (χ3n) is 1.47. The Kier molecular flexibility index (Phi) is 2.37. The van der Waals surface area contributed by atoms with Gasteiger partial charge in [0.2, 0.25) is 0 Å². The van der Waals surface area contributed by atoms with Crippen molar-refractivity contribution < 1.29 is 13.2 Å². The molecule has 1 aliphatic heterocycles. The van der Waals surface area contributed by atoms with Crippen LogP contribution < -0.4 is 10.6 Å². The molecule has 0 aromatic heterocycles. The number of carbonyl (C=O) groups excluding carboxylic acids is 1. The van der Waals surface area contributed by atoms with E-state index in [1.165, 1.54) is 13.1 Å². The van der Waals surface area contributed by atoms with E-state index in [4.69, 9.17) is 0 Å². The van der Waals surface area contributed by atoms with Gasteiger partial charge in [0.1, 0.15) is 0 Å². The van der Waals surface area contributed by atoms with Crippen LogP contribution >= 0.6 is 0 Å². The predicted molar refractivity (Wildman–Crippen MR) is 44.3 cm³/mol. The van der Waals surface area contributed by atoms with Gasteiger partial charge in [-0.25, -0.2) is 13.2 Å². The summed E-state index contributed by atoms with van der Waals surface area (Å²) in [5, 5.41) is 5.93. The van der Waals surface area contributed by atoms with E-state index in [1.807, 2.05) is 0 Å². The average molecular weight is 190 g/mol. The highest BCUT2D eigenvalue weighted by atomic mass is 32.2. The maximum Gasteiger partial charge on any atom is 0.315 e. The summed E-state index contributed by atoms with van der Waals surface area (Å²) in [7, 11) is -1.60. The average Bonchev–Trinajstić information content (AvgIpc) is 2.30. The summed E-state index contributed by atoms with van der Waals surface area (Å²) < 4.78 is 21.7. The van der Waals surface area contributed by atoms with Crippen molar-refractivity contribution in [1.29, 1.82) is 0 Å². The Balaban J connectivity index is 2.51. The number of sulfone groups is 1. The van der Waals surface area contributed by atoms with Gasteiger partial charge in [-0.05, 0) is 6.08 Å². The zero-order valence-corrected chi connectivity index (χ0v) is 7.39. The Morgan fingerprint density at radius 2 is 2.25 bits per heavy atom. The lowest BCUT2D eigenvalue weighted by Gasteiger charge is -2.08. The van der Waals surface area contributed by atoms with Crippen LogP contribution in [0, 0.1) is 0 Å². The third kappa shape index (κ3) is 2.23. The fourth-order valence-electron chi connectivity index (χ4n) is 0.906. The molecule has 0 bridgehead atoms. The topological polar surface area (TPSA) is 75.3 Å². The molecule has 1 aliphatic rings. The summed E-state index contributed by atoms with van der Waals surface area (Å²) in [4.78, 5) is 10.7. The molecule has 12 heavy (non-hydrogen) atoms. The molecule has 1 unspecified atom stereocenters. The second-order valence-electron chi connectivity index (χ2n) is 2.49. The Morgan fingerprint density at radius 1 is 1.58 bits per heavy atom. The van der Waals surface area contributed by atoms with Gasteiger partial charge in [-0.2, -0.15) is 0 Å². The Morgan fingerprint density at radius 3 is 2.67 bits per heavy atom. The van der Waals surface area contributed by atoms with Crippen LogP contribution in [0.2, 0.25) is 0 Å². The summed E-state index contributed by atoms with van der Waals surface area (Å²) in [5.41, 5.74) is 0. The zero-order chi connectivity index (χ0) is 9.19. The minimum atomic E-state index is -3.07. The monoisotopic (exact) mass is 190 g/mol. The second kappa shape index (κ2) is 3.14. The van der Waals surface area contributed by atoms with Crippen LogP contribution in [0.25, 0.3) is 0 Å². The molecule has 1 heterocycles. The van der Waals surface area contributed by atoms with E-state index in [1.54, 1.807) is 0 Å². The Bertz CT molecular complexity index is 307. The quantitative estimate of drug-likeness (QED) is 0.570. The third-order valence-corrected chi connectivity index (χ3v) is 2.87. The van der Waals surface area contributed by atoms with E-state index < -0.39 is 15.9 Å². The molecule has 0 aromatic rings. The molecule has 0 saturated heterocycles. The van der Waals surface area contributed by atoms with Crippen molar-refractivity contribution in [2.75, 3.05) is 12.8 Å². The minimum absolute atomic E-state index is 0.0413. The summed E-state index contributed by atoms with van der Waals surface area (Å²) in [6.45, 7) is 0. The molecule has 0 radical (unpaired) electrons. The van der Waals surface area contributed by atoms with Gasteiger partial charge in [0.15, 0.2) is 9.84 Å². The van der Waals surface area contributed by atoms with Crippen LogP contribution in [0.5, 0.6) is 0 Å². The Hall–Kier alpha value is -1.04. The van der Waals surface area contributed by atoms with Crippen LogP contribution in [0.1, 0.15) is 0 Å². The van der Waals surface area contributed by atoms with Crippen molar-refractivity contribution in [1.82, 2.24) is 10.6 Å². The van der Waals surface area contributed by atoms with E-state index in [0.29, 0.717) is 0 Å². The number of amides is 2. The largest absolute Gasteiger partial charge is 0.341 e. The minimum Gasteiger partial charge on any atom is -0.341 e. The van der Waals surface area contributed by atoms with Crippen LogP contribution in [-0.4, -0.2) is 33.3 Å². The van der Waals surface area contributed by atoms with E-state index in [2.05, 4.69) is 10.6 Å². The highest BCUT2D eigenvalue weighted by Gasteiger charge is 2.22. The lowest BCUT2D eigenvalue weighted by atomic mass is 10.3. The van der Waals surface area contributed by atoms with Crippen molar-refractivity contribution in [3.05, 3.63) is 11.5 Å². The lowest BCUT2D eigenvalue weighted by Crippen LogP contribution is -2.40. The van der Waals surface area contributed by atoms with Gasteiger partial charge < -0.3 is 10.6 Å². The van der Waals surface area contributed by atoms with Gasteiger partial charge in [0, 0.05) is 12.5 Å². The molecule has 0 aromatic carbocycles. The molecule has 0 aliphatic carbocycles. The highest BCUT2D eigenvalue weighted by Crippen LogP contribution is 2.07. The lowest BCUT2D eigenvalue weighted by molar-refractivity contribution is 0.241. The predicted octanol–water partition coefficient (Wildman–Crippen LogP) is -0.774. The van der Waals surface area contributed by atoms with Gasteiger partial charge in [-0.1, -0.05) is 0 Å². The molecular weight excluding hydrogens is 180 g/mol. The van der Waals surface area contributed by atoms with E-state index in [-0.39, 0.29) is 11.8 Å². The second-order valence-corrected chi connectivity index (χ2v) is 4.42. The van der Waals surface area contributed by atoms with Gasteiger partial charge in [-0.3, -0.25) is 0 Å². The number of nitrogens with one attached hydrogen (secondary N) is 2. The van der Waals surface area contributed by atoms with Gasteiger partial charge in [0.05, 0.1) is 11.8 Å². The number of carbonyl (C=O) groups is 1. The molecule has 68 valence electrons. The maximum atomic E-state index is 10.9. The summed E-state index contributed by atoms with van der Waals surface area (Å²) >= 11 is 0. The van der Waals surface area contributed by atoms with Gasteiger partial charge in [0.25, 0.3) is 0 Å². The number of urea groups is 1. The maximum absolute atomic E-state index is 10.9. The first-order valence-electron chi connectivity index (χ1n) is 3.43. The van der Waals surface area contributed by atoms with Crippen molar-refractivity contribution in [2.24, 2.45) is 0 Å². The number of hydrogen-bond acceptors (Lipinski definition) is 3. The zero-order valence-electron chi connectivity index (χ0n) is 6.57. The fraction of sp³-hybridized carbons (Fsp3) is 0.500. The smallest absolute Gasteiger partial charge is 0.315 e. The van der Waals surface area contributed by atoms with Crippen LogP contribution in [0.15, 0.2) is 11.5 Å². The SMILES string of the molecule is CNC(=O)NC1C=CS(=O)(=O)C1. The molecule has 5 nitrogen and oxygen atoms in total. The molecule has 0 spiro atoms. The molecule has 2 N–H and O–H groups in total. The first-order chi connectivity index (χ1) is 5.53. The molecule has 6 heteroatoms. The van der Waals surface area contributed by atoms with Crippen LogP contribution in [-0.2, 0) is 9.84 Å². The normalized spacial score (nSPS) is 25.2. The molecule has 1 atom stereocenters. The van der Waals surface area contributed by atoms with Gasteiger partial charge in [-0.15, -0.1) is 0 Å². The van der Waals surface area contributed by atoms with Gasteiger partial charge >= 0.3 is 6.03 Å². The fourth-order valence-corrected chi connectivity index (χ4v) is 2.14. The first-order valence-corrected chi connectivity index (χ1v) is 5.14. The van der Waals surface area contributed by atoms with Crippen molar-refractivity contribution in [2.45, 2.75) is 6.04 Å². The van der Waals surface area contributed by atoms with E-state index >= 15 is 0 Å². The first kappa shape index (κ1) is 9.05. The van der Waals surface area contributed by atoms with E-state index in [9.17, 15) is 13.2 Å². The van der Waals surface area contributed by atoms with Crippen LogP contribution in [0.3, 0.4) is 0 Å². The number of rotatable bonds is 1. The molecule has 1 rings (SSSR count). The molecule has 2 amide bonds. The summed E-state index contributed by atoms with van der Waals surface area (Å²) in [5.74, 6) is -0.0413. The van der Waals surface area contributed by atoms with Crippen molar-refractivity contribution >= 4 is 15.9 Å². The highest BCUT2D eigenvalue weighted by molar-refractivity contribution is 7.94. The standard InChI is InChI=1S/C6H10N2O3S/c1-7-6(9)8-5-2-3-12(10,11)4-5/h2-3,5H,4H2,1H3,(H2,7,8,9). The molecule has 0 saturated carbocycles. The summed E-state index contributed by atoms with van der Waals surface area (Å²) in [6.07, 6.45) is 1.46.